The minimum atomic E-state index is -4.74. The molecule has 0 spiro atoms. The van der Waals surface area contributed by atoms with Gasteiger partial charge in [0.1, 0.15) is 11.4 Å². The lowest BCUT2D eigenvalue weighted by Crippen LogP contribution is -2.49. The second kappa shape index (κ2) is 9.46. The monoisotopic (exact) mass is 456 g/mol. The molecule has 0 aliphatic carbocycles. The highest BCUT2D eigenvalue weighted by Gasteiger charge is 2.43. The van der Waals surface area contributed by atoms with E-state index < -0.39 is 12.0 Å². The second-order valence-corrected chi connectivity index (χ2v) is 7.81. The molecule has 5 nitrogen and oxygen atoms in total. The normalized spacial score (nSPS) is 15.7. The summed E-state index contributed by atoms with van der Waals surface area (Å²) in [6.07, 6.45) is -3.03. The van der Waals surface area contributed by atoms with E-state index in [-0.39, 0.29) is 12.4 Å². The van der Waals surface area contributed by atoms with E-state index in [1.807, 2.05) is 37.9 Å². The average molecular weight is 457 g/mol. The summed E-state index contributed by atoms with van der Waals surface area (Å²) < 4.78 is 53.0. The molecule has 0 bridgehead atoms. The fourth-order valence-electron chi connectivity index (χ4n) is 3.16. The molecule has 1 fully saturated rings. The third-order valence-electron chi connectivity index (χ3n) is 5.00. The molecular weight excluding hydrogens is 433 g/mol. The van der Waals surface area contributed by atoms with Crippen LogP contribution in [0.25, 0.3) is 0 Å². The number of hydrogen-bond acceptors (Lipinski definition) is 4. The lowest BCUT2D eigenvalue weighted by atomic mass is 9.88. The van der Waals surface area contributed by atoms with E-state index >= 15 is 0 Å². The van der Waals surface area contributed by atoms with E-state index in [0.29, 0.717) is 29.5 Å². The maximum Gasteiger partial charge on any atom is 0.573 e. The SMILES string of the molecule is CCN(C)C=Nc1cc(C)c(C2(OCc3cccc(OC(F)(F)F)c3)COC2)cc1Cl. The molecule has 1 aliphatic rings. The number of benzene rings is 2. The summed E-state index contributed by atoms with van der Waals surface area (Å²) in [7, 11) is 1.92. The van der Waals surface area contributed by atoms with Crippen LogP contribution in [0.15, 0.2) is 41.4 Å². The maximum atomic E-state index is 12.5. The topological polar surface area (TPSA) is 43.3 Å². The Kier molecular flexibility index (Phi) is 7.13. The minimum absolute atomic E-state index is 0.0939. The number of alkyl halides is 3. The fraction of sp³-hybridized carbons (Fsp3) is 0.409. The molecule has 0 aromatic heterocycles. The van der Waals surface area contributed by atoms with Crippen molar-refractivity contribution < 1.29 is 27.4 Å². The molecule has 0 amide bonds. The van der Waals surface area contributed by atoms with Crippen LogP contribution in [0, 0.1) is 6.92 Å². The fourth-order valence-corrected chi connectivity index (χ4v) is 3.37. The zero-order valence-electron chi connectivity index (χ0n) is 17.5. The van der Waals surface area contributed by atoms with Crippen molar-refractivity contribution in [3.05, 3.63) is 58.1 Å². The van der Waals surface area contributed by atoms with Crippen LogP contribution in [0.2, 0.25) is 5.02 Å². The zero-order valence-corrected chi connectivity index (χ0v) is 18.3. The Hall–Kier alpha value is -2.29. The quantitative estimate of drug-likeness (QED) is 0.383. The van der Waals surface area contributed by atoms with Crippen molar-refractivity contribution in [1.29, 1.82) is 0 Å². The third kappa shape index (κ3) is 5.90. The molecule has 168 valence electrons. The molecule has 3 rings (SSSR count). The molecule has 31 heavy (non-hydrogen) atoms. The van der Waals surface area contributed by atoms with Gasteiger partial charge in [0.25, 0.3) is 0 Å². The summed E-state index contributed by atoms with van der Waals surface area (Å²) in [6.45, 7) is 5.52. The summed E-state index contributed by atoms with van der Waals surface area (Å²) in [4.78, 5) is 6.36. The van der Waals surface area contributed by atoms with Crippen molar-refractivity contribution in [2.24, 2.45) is 4.99 Å². The van der Waals surface area contributed by atoms with Gasteiger partial charge in [0, 0.05) is 13.6 Å². The Labute approximate surface area is 184 Å². The molecule has 0 radical (unpaired) electrons. The summed E-state index contributed by atoms with van der Waals surface area (Å²) in [5.41, 5.74) is 2.29. The number of rotatable bonds is 8. The van der Waals surface area contributed by atoms with Gasteiger partial charge in [-0.3, -0.25) is 0 Å². The lowest BCUT2D eigenvalue weighted by molar-refractivity contribution is -0.274. The second-order valence-electron chi connectivity index (χ2n) is 7.41. The number of aliphatic imine (C=N–C) groups is 1. The van der Waals surface area contributed by atoms with Crippen LogP contribution in [-0.2, 0) is 21.7 Å². The summed E-state index contributed by atoms with van der Waals surface area (Å²) in [6, 6.07) is 9.44. The number of ether oxygens (including phenoxy) is 3. The standard InChI is InChI=1S/C22H24ClF3N2O3/c1-4-28(3)14-27-20-8-15(2)18(10-19(20)23)21(12-29-13-21)30-11-16-6-5-7-17(9-16)31-22(24,25)26/h5-10,14H,4,11-13H2,1-3H3. The Morgan fingerprint density at radius 2 is 2.00 bits per heavy atom. The molecule has 9 heteroatoms. The van der Waals surface area contributed by atoms with Crippen LogP contribution in [0.1, 0.15) is 23.6 Å². The molecule has 2 aromatic rings. The Morgan fingerprint density at radius 1 is 1.26 bits per heavy atom. The maximum absolute atomic E-state index is 12.5. The molecule has 1 heterocycles. The van der Waals surface area contributed by atoms with Gasteiger partial charge in [0.2, 0.25) is 0 Å². The Bertz CT molecular complexity index is 946. The smallest absolute Gasteiger partial charge is 0.406 e. The van der Waals surface area contributed by atoms with Crippen LogP contribution in [0.3, 0.4) is 0 Å². The Balaban J connectivity index is 1.78. The van der Waals surface area contributed by atoms with Crippen molar-refractivity contribution in [3.63, 3.8) is 0 Å². The van der Waals surface area contributed by atoms with E-state index in [2.05, 4.69) is 9.73 Å². The molecule has 0 saturated carbocycles. The average Bonchev–Trinajstić information content (AvgIpc) is 2.67. The van der Waals surface area contributed by atoms with Crippen molar-refractivity contribution in [2.45, 2.75) is 32.4 Å². The van der Waals surface area contributed by atoms with Crippen molar-refractivity contribution in [2.75, 3.05) is 26.8 Å². The van der Waals surface area contributed by atoms with Crippen molar-refractivity contribution in [3.8, 4) is 5.75 Å². The largest absolute Gasteiger partial charge is 0.573 e. The van der Waals surface area contributed by atoms with Crippen molar-refractivity contribution >= 4 is 23.6 Å². The van der Waals surface area contributed by atoms with Gasteiger partial charge in [0.05, 0.1) is 36.9 Å². The van der Waals surface area contributed by atoms with E-state index in [1.54, 1.807) is 12.4 Å². The summed E-state index contributed by atoms with van der Waals surface area (Å²) in [5.74, 6) is -0.286. The van der Waals surface area contributed by atoms with Gasteiger partial charge >= 0.3 is 6.36 Å². The highest BCUT2D eigenvalue weighted by molar-refractivity contribution is 6.33. The van der Waals surface area contributed by atoms with Gasteiger partial charge in [0.15, 0.2) is 0 Å². The van der Waals surface area contributed by atoms with Crippen LogP contribution in [0.5, 0.6) is 5.75 Å². The zero-order chi connectivity index (χ0) is 22.6. The molecular formula is C22H24ClF3N2O3. The first-order valence-corrected chi connectivity index (χ1v) is 10.1. The molecule has 1 saturated heterocycles. The first-order chi connectivity index (χ1) is 14.6. The highest BCUT2D eigenvalue weighted by Crippen LogP contribution is 2.40. The summed E-state index contributed by atoms with van der Waals surface area (Å²) in [5, 5.41) is 0.483. The van der Waals surface area contributed by atoms with Crippen LogP contribution in [0.4, 0.5) is 18.9 Å². The van der Waals surface area contributed by atoms with Gasteiger partial charge < -0.3 is 19.1 Å². The predicted octanol–water partition coefficient (Wildman–Crippen LogP) is 5.60. The number of halogens is 4. The first kappa shape index (κ1) is 23.4. The van der Waals surface area contributed by atoms with Gasteiger partial charge in [-0.2, -0.15) is 0 Å². The molecule has 0 atom stereocenters. The Morgan fingerprint density at radius 3 is 2.61 bits per heavy atom. The van der Waals surface area contributed by atoms with E-state index in [9.17, 15) is 13.2 Å². The van der Waals surface area contributed by atoms with E-state index in [0.717, 1.165) is 17.7 Å². The number of nitrogens with zero attached hydrogens (tertiary/aromatic N) is 2. The predicted molar refractivity (Wildman–Crippen MR) is 113 cm³/mol. The van der Waals surface area contributed by atoms with Crippen LogP contribution >= 0.6 is 11.6 Å². The number of hydrogen-bond donors (Lipinski definition) is 0. The lowest BCUT2D eigenvalue weighted by Gasteiger charge is -2.42. The molecule has 1 aliphatic heterocycles. The molecule has 0 unspecified atom stereocenters. The van der Waals surface area contributed by atoms with E-state index in [4.69, 9.17) is 21.1 Å². The third-order valence-corrected chi connectivity index (χ3v) is 5.30. The minimum Gasteiger partial charge on any atom is -0.406 e. The first-order valence-electron chi connectivity index (χ1n) is 9.73. The van der Waals surface area contributed by atoms with E-state index in [1.165, 1.54) is 18.2 Å². The van der Waals surface area contributed by atoms with Gasteiger partial charge in [-0.1, -0.05) is 23.7 Å². The van der Waals surface area contributed by atoms with Crippen molar-refractivity contribution in [1.82, 2.24) is 4.90 Å². The van der Waals surface area contributed by atoms with Crippen LogP contribution < -0.4 is 4.74 Å². The number of aryl methyl sites for hydroxylation is 1. The van der Waals surface area contributed by atoms with Gasteiger partial charge in [-0.05, 0) is 54.8 Å². The summed E-state index contributed by atoms with van der Waals surface area (Å²) >= 11 is 6.46. The van der Waals surface area contributed by atoms with Gasteiger partial charge in [-0.25, -0.2) is 4.99 Å². The molecule has 0 N–H and O–H groups in total. The molecule has 2 aromatic carbocycles. The highest BCUT2D eigenvalue weighted by atomic mass is 35.5. The van der Waals surface area contributed by atoms with Gasteiger partial charge in [-0.15, -0.1) is 13.2 Å². The van der Waals surface area contributed by atoms with Crippen LogP contribution in [-0.4, -0.2) is 44.4 Å².